The topological polar surface area (TPSA) is 115 Å². The number of ether oxygens (including phenoxy) is 1. The number of aromatic nitrogens is 2. The highest BCUT2D eigenvalue weighted by Gasteiger charge is 2.29. The van der Waals surface area contributed by atoms with Crippen molar-refractivity contribution in [2.45, 2.75) is 31.8 Å². The molecule has 0 saturated heterocycles. The maximum Gasteiger partial charge on any atom is 0.265 e. The number of fused-ring (bicyclic) bond motifs is 1. The Labute approximate surface area is 173 Å². The molecule has 0 fully saturated rings. The molecular formula is C20H20N4O5S. The molecule has 0 spiro atoms. The third kappa shape index (κ3) is 4.05. The molecule has 0 aliphatic carbocycles. The molecule has 0 radical (unpaired) electrons. The number of anilines is 1. The van der Waals surface area contributed by atoms with Crippen molar-refractivity contribution in [1.82, 2.24) is 14.9 Å². The van der Waals surface area contributed by atoms with Crippen LogP contribution in [0.2, 0.25) is 0 Å². The molecule has 1 amide bonds. The molecule has 0 atom stereocenters. The summed E-state index contributed by atoms with van der Waals surface area (Å²) in [4.78, 5) is 18.0. The number of hydrogen-bond donors (Lipinski definition) is 1. The van der Waals surface area contributed by atoms with Gasteiger partial charge in [-0.2, -0.15) is 4.98 Å². The van der Waals surface area contributed by atoms with Gasteiger partial charge in [-0.05, 0) is 36.2 Å². The number of nitrogens with one attached hydrogen (secondary N) is 1. The Kier molecular flexibility index (Phi) is 5.27. The summed E-state index contributed by atoms with van der Waals surface area (Å²) in [5.74, 6) is 0.780. The number of benzene rings is 2. The number of nitrogens with zero attached hydrogens (tertiary/aromatic N) is 3. The first-order valence-corrected chi connectivity index (χ1v) is 10.7. The van der Waals surface area contributed by atoms with E-state index >= 15 is 0 Å². The molecule has 156 valence electrons. The first-order chi connectivity index (χ1) is 14.3. The molecule has 3 aromatic rings. The largest absolute Gasteiger partial charge is 0.482 e. The van der Waals surface area contributed by atoms with E-state index in [0.29, 0.717) is 23.2 Å². The van der Waals surface area contributed by atoms with E-state index in [1.807, 2.05) is 31.2 Å². The Bertz CT molecular complexity index is 1210. The Morgan fingerprint density at radius 1 is 1.17 bits per heavy atom. The van der Waals surface area contributed by atoms with Crippen molar-refractivity contribution < 1.29 is 22.5 Å². The predicted octanol–water partition coefficient (Wildman–Crippen LogP) is 2.09. The van der Waals surface area contributed by atoms with E-state index in [9.17, 15) is 13.2 Å². The lowest BCUT2D eigenvalue weighted by Gasteiger charge is -2.28. The summed E-state index contributed by atoms with van der Waals surface area (Å²) in [5.41, 5.74) is 2.21. The zero-order valence-electron chi connectivity index (χ0n) is 16.5. The first kappa shape index (κ1) is 20.0. The van der Waals surface area contributed by atoms with E-state index in [1.54, 1.807) is 13.0 Å². The second kappa shape index (κ2) is 7.88. The van der Waals surface area contributed by atoms with Gasteiger partial charge in [0.2, 0.25) is 15.9 Å². The number of hydrogen-bond acceptors (Lipinski definition) is 7. The molecule has 0 saturated carbocycles. The number of aryl methyl sites for hydroxylation is 2. The predicted molar refractivity (Wildman–Crippen MR) is 107 cm³/mol. The minimum absolute atomic E-state index is 0.0300. The van der Waals surface area contributed by atoms with Crippen molar-refractivity contribution in [3.05, 3.63) is 65.3 Å². The van der Waals surface area contributed by atoms with Crippen LogP contribution in [0.4, 0.5) is 5.69 Å². The summed E-state index contributed by atoms with van der Waals surface area (Å²) < 4.78 is 38.7. The van der Waals surface area contributed by atoms with E-state index in [1.165, 1.54) is 17.0 Å². The lowest BCUT2D eigenvalue weighted by Crippen LogP contribution is -2.38. The third-order valence-corrected chi connectivity index (χ3v) is 6.17. The van der Waals surface area contributed by atoms with E-state index in [0.717, 1.165) is 11.1 Å². The van der Waals surface area contributed by atoms with Gasteiger partial charge in [0, 0.05) is 13.5 Å². The Morgan fingerprint density at radius 2 is 1.97 bits per heavy atom. The molecule has 2 aromatic carbocycles. The SMILES string of the molecule is Cc1nc(CN2C(=O)COc3ccc(S(=O)(=O)NCc4ccccc4C)cc32)no1. The minimum Gasteiger partial charge on any atom is -0.482 e. The zero-order chi connectivity index (χ0) is 21.3. The fraction of sp³-hybridized carbons (Fsp3) is 0.250. The fourth-order valence-corrected chi connectivity index (χ4v) is 4.16. The molecule has 9 nitrogen and oxygen atoms in total. The quantitative estimate of drug-likeness (QED) is 0.639. The summed E-state index contributed by atoms with van der Waals surface area (Å²) in [6.45, 7) is 3.63. The van der Waals surface area contributed by atoms with E-state index in [-0.39, 0.29) is 30.5 Å². The van der Waals surface area contributed by atoms with Crippen LogP contribution in [0.5, 0.6) is 5.75 Å². The average molecular weight is 428 g/mol. The van der Waals surface area contributed by atoms with Gasteiger partial charge in [0.05, 0.1) is 17.1 Å². The minimum atomic E-state index is -3.81. The van der Waals surface area contributed by atoms with Gasteiger partial charge < -0.3 is 9.26 Å². The standard InChI is InChI=1S/C20H20N4O5S/c1-13-5-3-4-6-15(13)10-21-30(26,27)16-7-8-18-17(9-16)24(20(25)12-28-18)11-19-22-14(2)29-23-19/h3-9,21H,10-12H2,1-2H3. The van der Waals surface area contributed by atoms with Crippen LogP contribution >= 0.6 is 0 Å². The third-order valence-electron chi connectivity index (χ3n) is 4.77. The lowest BCUT2D eigenvalue weighted by molar-refractivity contribution is -0.121. The number of sulfonamides is 1. The van der Waals surface area contributed by atoms with Crippen LogP contribution in [0.25, 0.3) is 0 Å². The molecule has 1 N–H and O–H groups in total. The fourth-order valence-electron chi connectivity index (χ4n) is 3.13. The lowest BCUT2D eigenvalue weighted by atomic mass is 10.1. The Hall–Kier alpha value is -3.24. The molecule has 1 aliphatic heterocycles. The van der Waals surface area contributed by atoms with Gasteiger partial charge in [-0.1, -0.05) is 29.4 Å². The average Bonchev–Trinajstić information content (AvgIpc) is 3.14. The maximum absolute atomic E-state index is 12.9. The van der Waals surface area contributed by atoms with Gasteiger partial charge >= 0.3 is 0 Å². The molecule has 4 rings (SSSR count). The van der Waals surface area contributed by atoms with Gasteiger partial charge in [-0.25, -0.2) is 13.1 Å². The highest BCUT2D eigenvalue weighted by atomic mass is 32.2. The molecule has 2 heterocycles. The smallest absolute Gasteiger partial charge is 0.265 e. The maximum atomic E-state index is 12.9. The van der Waals surface area contributed by atoms with Gasteiger partial charge in [0.1, 0.15) is 5.75 Å². The monoisotopic (exact) mass is 428 g/mol. The highest BCUT2D eigenvalue weighted by molar-refractivity contribution is 7.89. The van der Waals surface area contributed by atoms with Crippen molar-refractivity contribution in [2.24, 2.45) is 0 Å². The molecule has 0 bridgehead atoms. The second-order valence-electron chi connectivity index (χ2n) is 6.88. The summed E-state index contributed by atoms with van der Waals surface area (Å²) >= 11 is 0. The molecule has 30 heavy (non-hydrogen) atoms. The van der Waals surface area contributed by atoms with Gasteiger partial charge in [-0.3, -0.25) is 9.69 Å². The Balaban J connectivity index is 1.61. The number of carbonyl (C=O) groups excluding carboxylic acids is 1. The van der Waals surface area contributed by atoms with Crippen LogP contribution in [0, 0.1) is 13.8 Å². The van der Waals surface area contributed by atoms with Crippen LogP contribution in [0.3, 0.4) is 0 Å². The summed E-state index contributed by atoms with van der Waals surface area (Å²) in [6, 6.07) is 11.9. The van der Waals surface area contributed by atoms with E-state index in [4.69, 9.17) is 9.26 Å². The van der Waals surface area contributed by atoms with Crippen LogP contribution in [-0.2, 0) is 27.9 Å². The van der Waals surface area contributed by atoms with Crippen molar-refractivity contribution in [2.75, 3.05) is 11.5 Å². The van der Waals surface area contributed by atoms with Crippen LogP contribution in [-0.4, -0.2) is 31.1 Å². The van der Waals surface area contributed by atoms with Gasteiger partial charge in [0.25, 0.3) is 5.91 Å². The molecular weight excluding hydrogens is 408 g/mol. The summed E-state index contributed by atoms with van der Waals surface area (Å²) in [7, 11) is -3.81. The first-order valence-electron chi connectivity index (χ1n) is 9.24. The van der Waals surface area contributed by atoms with Gasteiger partial charge in [-0.15, -0.1) is 0 Å². The number of amides is 1. The molecule has 0 unspecified atom stereocenters. The van der Waals surface area contributed by atoms with Gasteiger partial charge in [0.15, 0.2) is 12.4 Å². The van der Waals surface area contributed by atoms with Crippen molar-refractivity contribution in [3.8, 4) is 5.75 Å². The number of carbonyl (C=O) groups is 1. The molecule has 1 aromatic heterocycles. The summed E-state index contributed by atoms with van der Waals surface area (Å²) in [6.07, 6.45) is 0. The zero-order valence-corrected chi connectivity index (χ0v) is 17.3. The van der Waals surface area contributed by atoms with Crippen LogP contribution in [0.1, 0.15) is 22.8 Å². The van der Waals surface area contributed by atoms with E-state index < -0.39 is 10.0 Å². The molecule has 10 heteroatoms. The van der Waals surface area contributed by atoms with Crippen molar-refractivity contribution in [1.29, 1.82) is 0 Å². The normalized spacial score (nSPS) is 13.8. The van der Waals surface area contributed by atoms with Crippen molar-refractivity contribution in [3.63, 3.8) is 0 Å². The second-order valence-corrected chi connectivity index (χ2v) is 8.65. The highest BCUT2D eigenvalue weighted by Crippen LogP contribution is 2.35. The van der Waals surface area contributed by atoms with Crippen LogP contribution in [0.15, 0.2) is 51.9 Å². The summed E-state index contributed by atoms with van der Waals surface area (Å²) in [5, 5.41) is 3.81. The van der Waals surface area contributed by atoms with Crippen LogP contribution < -0.4 is 14.4 Å². The molecule has 1 aliphatic rings. The number of rotatable bonds is 6. The Morgan fingerprint density at radius 3 is 2.70 bits per heavy atom. The van der Waals surface area contributed by atoms with Crippen molar-refractivity contribution >= 4 is 21.6 Å². The van der Waals surface area contributed by atoms with E-state index in [2.05, 4.69) is 14.9 Å².